The summed E-state index contributed by atoms with van der Waals surface area (Å²) in [5, 5.41) is 19.6. The second-order valence-electron chi connectivity index (χ2n) is 23.0. The van der Waals surface area contributed by atoms with Gasteiger partial charge in [-0.25, -0.2) is 24.1 Å². The number of anilines is 3. The number of rotatable bonds is 21. The van der Waals surface area contributed by atoms with Crippen LogP contribution < -0.4 is 31.3 Å². The van der Waals surface area contributed by atoms with E-state index in [0.717, 1.165) is 111 Å². The van der Waals surface area contributed by atoms with Crippen molar-refractivity contribution in [1.29, 1.82) is 0 Å². The number of alkyl halides is 1. The molecule has 21 heteroatoms. The fourth-order valence-electron chi connectivity index (χ4n) is 11.2. The number of hydrogen-bond donors (Lipinski definition) is 5. The number of aliphatic hydroxyl groups excluding tert-OH is 1. The number of primary amides is 1. The normalized spacial score (nSPS) is 21.2. The lowest BCUT2D eigenvalue weighted by Gasteiger charge is -2.37. The summed E-state index contributed by atoms with van der Waals surface area (Å²) < 4.78 is 21.1. The topological polar surface area (TPSA) is 232 Å². The molecule has 1 saturated carbocycles. The Balaban J connectivity index is 0.721. The summed E-state index contributed by atoms with van der Waals surface area (Å²) in [6.45, 7) is 13.8. The zero-order valence-corrected chi connectivity index (χ0v) is 46.6. The first-order chi connectivity index (χ1) is 37.3. The van der Waals surface area contributed by atoms with Gasteiger partial charge in [-0.1, -0.05) is 57.9 Å². The third-order valence-corrected chi connectivity index (χ3v) is 17.1. The molecule has 19 nitrogen and oxygen atoms in total. The van der Waals surface area contributed by atoms with Crippen LogP contribution in [0.2, 0.25) is 0 Å². The van der Waals surface area contributed by atoms with Gasteiger partial charge in [0.1, 0.15) is 23.7 Å². The third-order valence-electron chi connectivity index (χ3n) is 16.1. The summed E-state index contributed by atoms with van der Waals surface area (Å²) in [7, 11) is 1.83. The molecule has 420 valence electrons. The van der Waals surface area contributed by atoms with Crippen molar-refractivity contribution >= 4 is 58.3 Å². The van der Waals surface area contributed by atoms with Gasteiger partial charge >= 0.3 is 6.03 Å². The number of unbranched alkanes of at least 4 members (excludes halogenated alkanes) is 3. The zero-order chi connectivity index (χ0) is 55.3. The number of amides is 6. The zero-order valence-electron chi connectivity index (χ0n) is 45.8. The van der Waals surface area contributed by atoms with Crippen molar-refractivity contribution in [3.8, 4) is 16.2 Å². The number of aromatic nitrogens is 3. The van der Waals surface area contributed by atoms with Crippen molar-refractivity contribution in [2.24, 2.45) is 11.1 Å². The van der Waals surface area contributed by atoms with E-state index in [4.69, 9.17) is 15.5 Å². The van der Waals surface area contributed by atoms with Gasteiger partial charge < -0.3 is 56.0 Å². The van der Waals surface area contributed by atoms with Crippen LogP contribution in [0.15, 0.2) is 54.2 Å². The Bertz CT molecular complexity index is 2800. The summed E-state index contributed by atoms with van der Waals surface area (Å²) in [6.07, 6.45) is 8.91. The molecule has 4 aromatic rings. The molecule has 0 bridgehead atoms. The molecule has 4 saturated heterocycles. The van der Waals surface area contributed by atoms with E-state index in [0.29, 0.717) is 43.0 Å². The van der Waals surface area contributed by atoms with E-state index in [2.05, 4.69) is 47.9 Å². The number of ether oxygens (including phenoxy) is 1. The van der Waals surface area contributed by atoms with Crippen molar-refractivity contribution in [2.75, 3.05) is 76.2 Å². The standard InChI is InChI=1S/C57H77FN12O7S/c1-36-48(78-35-62-36)39-12-13-40(31-61-52(73)44-30-43(71)34-70(44)53(74)49(56(2,3)4)65-54(75)57(58)20-21-57)45(29-39)77-28-9-7-6-8-22-67-24-18-38(19-25-67)37-14-16-41(17-15-37)63-51-47(50(59)72)60-32-46(64-51)68-23-10-11-42(33-68)69-27-26-66(5)55(69)76/h12-17,29,32,35,38,42-44,49,71H,6-11,18-28,30-31,33-34H2,1-5H3,(H2,59,72)(H,61,73)(H,63,64)(H,65,75)/t42-,43-,44+,49-/m1/s1. The smallest absolute Gasteiger partial charge is 0.320 e. The third kappa shape index (κ3) is 13.3. The van der Waals surface area contributed by atoms with Crippen LogP contribution >= 0.6 is 11.3 Å². The van der Waals surface area contributed by atoms with Crippen LogP contribution in [0.4, 0.5) is 26.5 Å². The molecule has 4 aliphatic heterocycles. The fourth-order valence-corrected chi connectivity index (χ4v) is 12.0. The SMILES string of the molecule is Cc1ncsc1-c1ccc(CNC(=O)[C@@H]2C[C@@H](O)CN2C(=O)[C@@H](NC(=O)C2(F)CC2)C(C)(C)C)c(OCCCCCCN2CCC(c3ccc(Nc4nc(N5CCC[C@@H](N6CCN(C)C6=O)C5)cnc4C(N)=O)cc3)CC2)c1. The van der Waals surface area contributed by atoms with Gasteiger partial charge in [0.05, 0.1) is 41.0 Å². The second-order valence-corrected chi connectivity index (χ2v) is 23.9. The number of carbonyl (C=O) groups excluding carboxylic acids is 5. The van der Waals surface area contributed by atoms with E-state index in [1.807, 2.05) is 54.7 Å². The Morgan fingerprint density at radius 2 is 1.72 bits per heavy atom. The number of likely N-dealkylation sites (N-methyl/N-ethyl adjacent to an activating group) is 1. The van der Waals surface area contributed by atoms with Crippen LogP contribution in [0.1, 0.15) is 125 Å². The lowest BCUT2D eigenvalue weighted by molar-refractivity contribution is -0.145. The monoisotopic (exact) mass is 1090 g/mol. The number of urea groups is 1. The van der Waals surface area contributed by atoms with Crippen LogP contribution in [0, 0.1) is 12.3 Å². The molecule has 6 amide bonds. The molecular formula is C57H77FN12O7S. The molecule has 4 atom stereocenters. The minimum atomic E-state index is -1.97. The second kappa shape index (κ2) is 24.3. The predicted octanol–water partition coefficient (Wildman–Crippen LogP) is 6.52. The van der Waals surface area contributed by atoms with E-state index in [9.17, 15) is 33.5 Å². The molecule has 5 fully saturated rings. The Labute approximate surface area is 460 Å². The summed E-state index contributed by atoms with van der Waals surface area (Å²) in [6, 6.07) is 12.3. The number of benzene rings is 2. The van der Waals surface area contributed by atoms with Crippen molar-refractivity contribution in [1.82, 2.24) is 45.2 Å². The molecule has 0 unspecified atom stereocenters. The number of hydrogen-bond acceptors (Lipinski definition) is 14. The van der Waals surface area contributed by atoms with E-state index in [-0.39, 0.29) is 50.1 Å². The largest absolute Gasteiger partial charge is 0.493 e. The van der Waals surface area contributed by atoms with Crippen LogP contribution in [0.25, 0.3) is 10.4 Å². The van der Waals surface area contributed by atoms with Crippen LogP contribution in [-0.4, -0.2) is 165 Å². The van der Waals surface area contributed by atoms with Crippen molar-refractivity contribution in [3.63, 3.8) is 0 Å². The van der Waals surface area contributed by atoms with Gasteiger partial charge in [0.2, 0.25) is 11.8 Å². The Morgan fingerprint density at radius 3 is 2.40 bits per heavy atom. The summed E-state index contributed by atoms with van der Waals surface area (Å²) in [5.74, 6) is -0.405. The average Bonchev–Trinajstić information content (AvgIpc) is 3.66. The van der Waals surface area contributed by atoms with Crippen LogP contribution in [-0.2, 0) is 20.9 Å². The lowest BCUT2D eigenvalue weighted by atomic mass is 9.85. The summed E-state index contributed by atoms with van der Waals surface area (Å²) >= 11 is 1.55. The number of nitrogens with zero attached hydrogens (tertiary/aromatic N) is 8. The number of piperidine rings is 2. The number of β-amino-alcohol motifs (C(OH)–C–C–N with tert-alkyl or cyclic N) is 1. The maximum Gasteiger partial charge on any atom is 0.320 e. The maximum atomic E-state index is 14.7. The summed E-state index contributed by atoms with van der Waals surface area (Å²) in [5.41, 5.74) is 9.60. The highest BCUT2D eigenvalue weighted by atomic mass is 32.1. The van der Waals surface area contributed by atoms with Gasteiger partial charge in [0.15, 0.2) is 17.2 Å². The van der Waals surface area contributed by atoms with Gasteiger partial charge in [0, 0.05) is 64.0 Å². The Morgan fingerprint density at radius 1 is 0.962 bits per heavy atom. The first-order valence-corrected chi connectivity index (χ1v) is 28.7. The molecular weight excluding hydrogens is 1020 g/mol. The first-order valence-electron chi connectivity index (χ1n) is 27.8. The number of aryl methyl sites for hydroxylation is 1. The number of carbonyl (C=O) groups is 5. The van der Waals surface area contributed by atoms with Gasteiger partial charge in [-0.2, -0.15) is 0 Å². The quantitative estimate of drug-likeness (QED) is 0.0561. The highest BCUT2D eigenvalue weighted by Crippen LogP contribution is 2.41. The number of nitrogens with one attached hydrogen (secondary N) is 3. The Kier molecular flexibility index (Phi) is 17.5. The van der Waals surface area contributed by atoms with Crippen LogP contribution in [0.5, 0.6) is 5.75 Å². The highest BCUT2D eigenvalue weighted by molar-refractivity contribution is 7.13. The molecule has 6 N–H and O–H groups in total. The van der Waals surface area contributed by atoms with E-state index >= 15 is 0 Å². The number of nitrogens with two attached hydrogens (primary N) is 1. The van der Waals surface area contributed by atoms with Crippen molar-refractivity contribution in [2.45, 2.75) is 141 Å². The number of aliphatic hydroxyl groups is 1. The van der Waals surface area contributed by atoms with Gasteiger partial charge in [-0.15, -0.1) is 11.3 Å². The maximum absolute atomic E-state index is 14.7. The molecule has 78 heavy (non-hydrogen) atoms. The predicted molar refractivity (Wildman–Crippen MR) is 297 cm³/mol. The molecule has 5 aliphatic rings. The average molecular weight is 1090 g/mol. The van der Waals surface area contributed by atoms with Crippen molar-refractivity contribution in [3.05, 3.63) is 76.7 Å². The number of likely N-dealkylation sites (tertiary alicyclic amines) is 2. The minimum Gasteiger partial charge on any atom is -0.493 e. The molecule has 6 heterocycles. The fraction of sp³-hybridized carbons (Fsp3) is 0.579. The Hall–Kier alpha value is -6.45. The molecule has 2 aromatic carbocycles. The van der Waals surface area contributed by atoms with Crippen LogP contribution in [0.3, 0.4) is 0 Å². The van der Waals surface area contributed by atoms with Gasteiger partial charge in [0.25, 0.3) is 11.8 Å². The molecule has 1 aliphatic carbocycles. The molecule has 0 radical (unpaired) electrons. The van der Waals surface area contributed by atoms with Gasteiger partial charge in [-0.3, -0.25) is 19.2 Å². The first kappa shape index (κ1) is 56.3. The summed E-state index contributed by atoms with van der Waals surface area (Å²) in [4.78, 5) is 90.2. The highest BCUT2D eigenvalue weighted by Gasteiger charge is 2.53. The molecule has 0 spiro atoms. The minimum absolute atomic E-state index is 0.0378. The molecule has 2 aromatic heterocycles. The van der Waals surface area contributed by atoms with E-state index in [1.54, 1.807) is 43.2 Å². The number of thiazole rings is 1. The van der Waals surface area contributed by atoms with E-state index < -0.39 is 52.9 Å². The van der Waals surface area contributed by atoms with Crippen molar-refractivity contribution < 1.29 is 38.2 Å². The van der Waals surface area contributed by atoms with Gasteiger partial charge in [-0.05, 0) is 119 Å². The molecule has 9 rings (SSSR count). The number of halogens is 1. The lowest BCUT2D eigenvalue weighted by Crippen LogP contribution is -2.59. The van der Waals surface area contributed by atoms with E-state index in [1.165, 1.54) is 10.5 Å².